The summed E-state index contributed by atoms with van der Waals surface area (Å²) < 4.78 is 44.2. The second-order valence-corrected chi connectivity index (χ2v) is 5.26. The minimum atomic E-state index is -4.31. The molecule has 0 bridgehead atoms. The topological polar surface area (TPSA) is 21.3 Å². The Bertz CT molecular complexity index is 447. The Kier molecular flexibility index (Phi) is 4.70. The molecule has 0 aromatic heterocycles. The van der Waals surface area contributed by atoms with Gasteiger partial charge in [-0.3, -0.25) is 0 Å². The maximum atomic E-state index is 12.8. The molecule has 5 heteroatoms. The van der Waals surface area contributed by atoms with Gasteiger partial charge in [-0.05, 0) is 36.6 Å². The quantitative estimate of drug-likeness (QED) is 0.910. The summed E-state index contributed by atoms with van der Waals surface area (Å²) in [5.41, 5.74) is 0.0315. The second kappa shape index (κ2) is 6.14. The highest BCUT2D eigenvalue weighted by Crippen LogP contribution is 2.35. The van der Waals surface area contributed by atoms with Gasteiger partial charge in [0.2, 0.25) is 0 Å². The molecule has 1 saturated heterocycles. The first-order valence-electron chi connectivity index (χ1n) is 6.95. The highest BCUT2D eigenvalue weighted by Gasteiger charge is 2.35. The van der Waals surface area contributed by atoms with Crippen LogP contribution in [0.2, 0.25) is 0 Å². The molecule has 1 N–H and O–H groups in total. The maximum Gasteiger partial charge on any atom is 0.416 e. The van der Waals surface area contributed by atoms with E-state index in [4.69, 9.17) is 4.74 Å². The lowest BCUT2D eigenvalue weighted by atomic mass is 9.91. The minimum Gasteiger partial charge on any atom is -0.376 e. The minimum absolute atomic E-state index is 0.0709. The monoisotopic (exact) mass is 287 g/mol. The van der Waals surface area contributed by atoms with Crippen molar-refractivity contribution in [1.82, 2.24) is 5.32 Å². The van der Waals surface area contributed by atoms with Crippen molar-refractivity contribution in [2.75, 3.05) is 13.2 Å². The number of nitrogens with one attached hydrogen (secondary N) is 1. The molecule has 20 heavy (non-hydrogen) atoms. The third kappa shape index (κ3) is 3.33. The number of likely N-dealkylation sites (N-methyl/N-ethyl adjacent to an activating group) is 1. The van der Waals surface area contributed by atoms with Crippen LogP contribution in [-0.4, -0.2) is 19.3 Å². The maximum absolute atomic E-state index is 12.8. The number of ether oxygens (including phenoxy) is 1. The molecule has 2 rings (SSSR count). The summed E-state index contributed by atoms with van der Waals surface area (Å²) in [6, 6.07) is 5.33. The average molecular weight is 287 g/mol. The smallest absolute Gasteiger partial charge is 0.376 e. The van der Waals surface area contributed by atoms with E-state index in [2.05, 4.69) is 12.2 Å². The van der Waals surface area contributed by atoms with Gasteiger partial charge in [0.15, 0.2) is 0 Å². The van der Waals surface area contributed by atoms with Gasteiger partial charge >= 0.3 is 6.18 Å². The third-order valence-electron chi connectivity index (χ3n) is 3.77. The molecule has 0 saturated carbocycles. The highest BCUT2D eigenvalue weighted by atomic mass is 19.4. The van der Waals surface area contributed by atoms with Gasteiger partial charge in [0, 0.05) is 6.61 Å². The summed E-state index contributed by atoms with van der Waals surface area (Å²) >= 11 is 0. The van der Waals surface area contributed by atoms with Crippen LogP contribution in [0.3, 0.4) is 0 Å². The van der Waals surface area contributed by atoms with E-state index < -0.39 is 11.7 Å². The van der Waals surface area contributed by atoms with Crippen molar-refractivity contribution < 1.29 is 17.9 Å². The van der Waals surface area contributed by atoms with Crippen LogP contribution < -0.4 is 5.32 Å². The van der Waals surface area contributed by atoms with Crippen LogP contribution in [0, 0.1) is 5.92 Å². The Morgan fingerprint density at radius 1 is 1.40 bits per heavy atom. The molecule has 3 atom stereocenters. The number of alkyl halides is 3. The van der Waals surface area contributed by atoms with Crippen molar-refractivity contribution in [3.05, 3.63) is 35.4 Å². The molecule has 1 aromatic carbocycles. The zero-order chi connectivity index (χ0) is 14.8. The normalized spacial score (nSPS) is 24.9. The summed E-state index contributed by atoms with van der Waals surface area (Å²) in [7, 11) is 0. The van der Waals surface area contributed by atoms with Gasteiger partial charge in [-0.25, -0.2) is 0 Å². The molecule has 112 valence electrons. The van der Waals surface area contributed by atoms with E-state index in [0.29, 0.717) is 24.6 Å². The molecule has 1 heterocycles. The Hall–Kier alpha value is -1.07. The summed E-state index contributed by atoms with van der Waals surface area (Å²) in [6.07, 6.45) is -3.43. The van der Waals surface area contributed by atoms with Crippen LogP contribution in [0.4, 0.5) is 13.2 Å². The fourth-order valence-corrected chi connectivity index (χ4v) is 2.70. The lowest BCUT2D eigenvalue weighted by Gasteiger charge is -2.27. The number of hydrogen-bond donors (Lipinski definition) is 1. The Morgan fingerprint density at radius 2 is 2.15 bits per heavy atom. The van der Waals surface area contributed by atoms with Gasteiger partial charge in [0.05, 0.1) is 17.7 Å². The summed E-state index contributed by atoms with van der Waals surface area (Å²) in [4.78, 5) is 0. The van der Waals surface area contributed by atoms with E-state index in [1.165, 1.54) is 12.1 Å². The number of benzene rings is 1. The van der Waals surface area contributed by atoms with Gasteiger partial charge < -0.3 is 10.1 Å². The molecule has 1 fully saturated rings. The van der Waals surface area contributed by atoms with Crippen LogP contribution in [-0.2, 0) is 10.9 Å². The highest BCUT2D eigenvalue weighted by molar-refractivity contribution is 5.29. The van der Waals surface area contributed by atoms with Crippen molar-refractivity contribution in [3.8, 4) is 0 Å². The first kappa shape index (κ1) is 15.3. The molecule has 0 aliphatic carbocycles. The predicted octanol–water partition coefficient (Wildman–Crippen LogP) is 3.78. The van der Waals surface area contributed by atoms with E-state index in [-0.39, 0.29) is 12.1 Å². The van der Waals surface area contributed by atoms with Crippen molar-refractivity contribution in [1.29, 1.82) is 0 Å². The molecular formula is C15H20F3NO. The van der Waals surface area contributed by atoms with Crippen molar-refractivity contribution in [2.24, 2.45) is 5.92 Å². The first-order valence-corrected chi connectivity index (χ1v) is 6.95. The SMILES string of the molecule is CCNC(c1cccc(C(F)(F)F)c1)C1OCCC1C. The second-order valence-electron chi connectivity index (χ2n) is 5.26. The van der Waals surface area contributed by atoms with Gasteiger partial charge in [-0.15, -0.1) is 0 Å². The summed E-state index contributed by atoms with van der Waals surface area (Å²) in [5.74, 6) is 0.341. The van der Waals surface area contributed by atoms with Crippen LogP contribution in [0.5, 0.6) is 0 Å². The average Bonchev–Trinajstić information content (AvgIpc) is 2.81. The summed E-state index contributed by atoms with van der Waals surface area (Å²) in [5, 5.41) is 3.26. The predicted molar refractivity (Wildman–Crippen MR) is 71.4 cm³/mol. The Balaban J connectivity index is 2.29. The van der Waals surface area contributed by atoms with E-state index >= 15 is 0 Å². The standard InChI is InChI=1S/C15H20F3NO/c1-3-19-13(14-10(2)7-8-20-14)11-5-4-6-12(9-11)15(16,17)18/h4-6,9-10,13-14,19H,3,7-8H2,1-2H3. The van der Waals surface area contributed by atoms with Gasteiger partial charge in [0.1, 0.15) is 0 Å². The molecule has 0 amide bonds. The number of rotatable bonds is 4. The third-order valence-corrected chi connectivity index (χ3v) is 3.77. The van der Waals surface area contributed by atoms with Crippen LogP contribution in [0.15, 0.2) is 24.3 Å². The largest absolute Gasteiger partial charge is 0.416 e. The van der Waals surface area contributed by atoms with E-state index in [1.807, 2.05) is 6.92 Å². The van der Waals surface area contributed by atoms with Gasteiger partial charge in [-0.1, -0.05) is 26.0 Å². The molecule has 2 nitrogen and oxygen atoms in total. The molecular weight excluding hydrogens is 267 g/mol. The summed E-state index contributed by atoms with van der Waals surface area (Å²) in [6.45, 7) is 5.38. The molecule has 1 aliphatic heterocycles. The van der Waals surface area contributed by atoms with Crippen molar-refractivity contribution >= 4 is 0 Å². The molecule has 0 radical (unpaired) electrons. The molecule has 3 unspecified atom stereocenters. The zero-order valence-corrected chi connectivity index (χ0v) is 11.7. The van der Waals surface area contributed by atoms with Crippen molar-refractivity contribution in [3.63, 3.8) is 0 Å². The van der Waals surface area contributed by atoms with E-state index in [1.54, 1.807) is 6.07 Å². The zero-order valence-electron chi connectivity index (χ0n) is 11.7. The van der Waals surface area contributed by atoms with Crippen LogP contribution in [0.25, 0.3) is 0 Å². The van der Waals surface area contributed by atoms with E-state index in [0.717, 1.165) is 12.5 Å². The van der Waals surface area contributed by atoms with Crippen LogP contribution >= 0.6 is 0 Å². The molecule has 0 spiro atoms. The lowest BCUT2D eigenvalue weighted by molar-refractivity contribution is -0.137. The van der Waals surface area contributed by atoms with Crippen molar-refractivity contribution in [2.45, 2.75) is 38.6 Å². The first-order chi connectivity index (χ1) is 9.43. The Labute approximate surface area is 117 Å². The molecule has 1 aliphatic rings. The Morgan fingerprint density at radius 3 is 2.70 bits per heavy atom. The number of hydrogen-bond acceptors (Lipinski definition) is 2. The fraction of sp³-hybridized carbons (Fsp3) is 0.600. The van der Waals surface area contributed by atoms with E-state index in [9.17, 15) is 13.2 Å². The number of halogens is 3. The van der Waals surface area contributed by atoms with Gasteiger partial charge in [0.25, 0.3) is 0 Å². The van der Waals surface area contributed by atoms with Gasteiger partial charge in [-0.2, -0.15) is 13.2 Å². The lowest BCUT2D eigenvalue weighted by Crippen LogP contribution is -2.34. The van der Waals surface area contributed by atoms with Crippen LogP contribution in [0.1, 0.15) is 37.4 Å². The fourth-order valence-electron chi connectivity index (χ4n) is 2.70. The molecule has 1 aromatic rings.